The first kappa shape index (κ1) is 20.5. The lowest BCUT2D eigenvalue weighted by Crippen LogP contribution is -2.44. The lowest BCUT2D eigenvalue weighted by atomic mass is 10.0. The molecule has 1 heterocycles. The van der Waals surface area contributed by atoms with Gasteiger partial charge in [-0.2, -0.15) is 0 Å². The number of anilines is 1. The summed E-state index contributed by atoms with van der Waals surface area (Å²) in [5, 5.41) is 22.9. The summed E-state index contributed by atoms with van der Waals surface area (Å²) in [6.07, 6.45) is -2.81. The van der Waals surface area contributed by atoms with E-state index in [0.29, 0.717) is 5.56 Å². The Balaban J connectivity index is 1.86. The van der Waals surface area contributed by atoms with Crippen molar-refractivity contribution in [2.24, 2.45) is 0 Å². The Labute approximate surface area is 155 Å². The molecular weight excluding hydrogens is 334 g/mol. The number of ether oxygens (including phenoxy) is 1. The number of benzene rings is 1. The van der Waals surface area contributed by atoms with Crippen molar-refractivity contribution in [2.75, 3.05) is 44.7 Å². The summed E-state index contributed by atoms with van der Waals surface area (Å²) in [5.41, 5.74) is 1.11. The Morgan fingerprint density at radius 1 is 1.15 bits per heavy atom. The average molecular weight is 365 g/mol. The number of hydrogen-bond donors (Lipinski definition) is 3. The van der Waals surface area contributed by atoms with Crippen LogP contribution in [-0.2, 0) is 4.74 Å². The summed E-state index contributed by atoms with van der Waals surface area (Å²) in [4.78, 5) is 16.2. The third kappa shape index (κ3) is 6.16. The van der Waals surface area contributed by atoms with Crippen LogP contribution in [0.4, 0.5) is 10.5 Å². The van der Waals surface area contributed by atoms with Crippen LogP contribution in [0.1, 0.15) is 32.4 Å². The van der Waals surface area contributed by atoms with E-state index < -0.39 is 23.9 Å². The first-order valence-electron chi connectivity index (χ1n) is 9.02. The molecule has 0 spiro atoms. The predicted molar refractivity (Wildman–Crippen MR) is 101 cm³/mol. The highest BCUT2D eigenvalue weighted by Gasteiger charge is 2.22. The third-order valence-electron chi connectivity index (χ3n) is 4.32. The van der Waals surface area contributed by atoms with Crippen molar-refractivity contribution < 1.29 is 19.7 Å². The highest BCUT2D eigenvalue weighted by molar-refractivity contribution is 5.67. The topological polar surface area (TPSA) is 85.3 Å². The average Bonchev–Trinajstić information content (AvgIpc) is 2.58. The number of amides is 1. The number of hydrogen-bond acceptors (Lipinski definition) is 6. The van der Waals surface area contributed by atoms with Crippen molar-refractivity contribution in [1.82, 2.24) is 10.2 Å². The van der Waals surface area contributed by atoms with E-state index in [1.165, 1.54) is 0 Å². The van der Waals surface area contributed by atoms with Gasteiger partial charge in [0.1, 0.15) is 17.8 Å². The molecule has 1 saturated heterocycles. The molecular formula is C19H31N3O4. The van der Waals surface area contributed by atoms with E-state index in [1.807, 2.05) is 24.3 Å². The number of aliphatic hydroxyl groups excluding tert-OH is 2. The molecule has 2 rings (SSSR count). The highest BCUT2D eigenvalue weighted by Crippen LogP contribution is 2.22. The van der Waals surface area contributed by atoms with Gasteiger partial charge in [-0.05, 0) is 45.5 Å². The normalized spacial score (nSPS) is 18.3. The van der Waals surface area contributed by atoms with Crippen molar-refractivity contribution in [3.8, 4) is 0 Å². The molecule has 0 bridgehead atoms. The van der Waals surface area contributed by atoms with Crippen LogP contribution in [0.2, 0.25) is 0 Å². The van der Waals surface area contributed by atoms with E-state index in [0.717, 1.165) is 31.9 Å². The molecule has 1 aliphatic rings. The van der Waals surface area contributed by atoms with Gasteiger partial charge in [0, 0.05) is 38.4 Å². The van der Waals surface area contributed by atoms with E-state index in [-0.39, 0.29) is 6.54 Å². The smallest absolute Gasteiger partial charge is 0.407 e. The molecule has 1 aromatic carbocycles. The van der Waals surface area contributed by atoms with Gasteiger partial charge in [-0.1, -0.05) is 12.1 Å². The zero-order chi connectivity index (χ0) is 19.3. The number of likely N-dealkylation sites (N-methyl/N-ethyl adjacent to an activating group) is 1. The first-order chi connectivity index (χ1) is 12.2. The van der Waals surface area contributed by atoms with Crippen LogP contribution in [0.15, 0.2) is 24.3 Å². The second-order valence-corrected chi connectivity index (χ2v) is 7.78. The summed E-state index contributed by atoms with van der Waals surface area (Å²) in [6, 6.07) is 7.54. The molecule has 3 N–H and O–H groups in total. The number of nitrogens with one attached hydrogen (secondary N) is 1. The van der Waals surface area contributed by atoms with Gasteiger partial charge in [0.2, 0.25) is 0 Å². The van der Waals surface area contributed by atoms with Gasteiger partial charge in [0.15, 0.2) is 0 Å². The predicted octanol–water partition coefficient (Wildman–Crippen LogP) is 1.36. The van der Waals surface area contributed by atoms with Gasteiger partial charge in [0.25, 0.3) is 0 Å². The number of nitrogens with zero attached hydrogens (tertiary/aromatic N) is 2. The van der Waals surface area contributed by atoms with Crippen molar-refractivity contribution >= 4 is 11.8 Å². The van der Waals surface area contributed by atoms with Crippen LogP contribution in [-0.4, -0.2) is 72.7 Å². The fraction of sp³-hybridized carbons (Fsp3) is 0.632. The third-order valence-corrected chi connectivity index (χ3v) is 4.32. The quantitative estimate of drug-likeness (QED) is 0.731. The van der Waals surface area contributed by atoms with E-state index in [2.05, 4.69) is 22.2 Å². The van der Waals surface area contributed by atoms with Crippen LogP contribution in [0, 0.1) is 0 Å². The summed E-state index contributed by atoms with van der Waals surface area (Å²) >= 11 is 0. The van der Waals surface area contributed by atoms with Crippen LogP contribution in [0.3, 0.4) is 0 Å². The molecule has 1 aromatic rings. The molecule has 7 heteroatoms. The van der Waals surface area contributed by atoms with Gasteiger partial charge >= 0.3 is 6.09 Å². The van der Waals surface area contributed by atoms with E-state index in [9.17, 15) is 15.0 Å². The lowest BCUT2D eigenvalue weighted by molar-refractivity contribution is 0.0129. The molecule has 1 fully saturated rings. The summed E-state index contributed by atoms with van der Waals surface area (Å²) in [6.45, 7) is 9.20. The maximum Gasteiger partial charge on any atom is 0.407 e. The largest absolute Gasteiger partial charge is 0.444 e. The van der Waals surface area contributed by atoms with Gasteiger partial charge in [-0.15, -0.1) is 0 Å². The maximum absolute atomic E-state index is 11.6. The second-order valence-electron chi connectivity index (χ2n) is 7.78. The fourth-order valence-electron chi connectivity index (χ4n) is 2.78. The van der Waals surface area contributed by atoms with Gasteiger partial charge in [0.05, 0.1) is 0 Å². The molecule has 26 heavy (non-hydrogen) atoms. The van der Waals surface area contributed by atoms with E-state index >= 15 is 0 Å². The van der Waals surface area contributed by atoms with E-state index in [4.69, 9.17) is 4.74 Å². The molecule has 0 aliphatic carbocycles. The monoisotopic (exact) mass is 365 g/mol. The minimum absolute atomic E-state index is 0.0870. The fourth-order valence-corrected chi connectivity index (χ4v) is 2.78. The Morgan fingerprint density at radius 2 is 1.73 bits per heavy atom. The molecule has 0 saturated carbocycles. The van der Waals surface area contributed by atoms with Crippen LogP contribution in [0.5, 0.6) is 0 Å². The number of piperazine rings is 1. The zero-order valence-electron chi connectivity index (χ0n) is 16.1. The van der Waals surface area contributed by atoms with Crippen molar-refractivity contribution in [3.63, 3.8) is 0 Å². The Morgan fingerprint density at radius 3 is 2.27 bits per heavy atom. The molecule has 146 valence electrons. The van der Waals surface area contributed by atoms with Crippen LogP contribution < -0.4 is 10.2 Å². The van der Waals surface area contributed by atoms with Gasteiger partial charge in [-0.3, -0.25) is 0 Å². The molecule has 1 amide bonds. The summed E-state index contributed by atoms with van der Waals surface area (Å²) in [5.74, 6) is 0. The summed E-state index contributed by atoms with van der Waals surface area (Å²) in [7, 11) is 2.11. The highest BCUT2D eigenvalue weighted by atomic mass is 16.6. The molecule has 0 aromatic heterocycles. The SMILES string of the molecule is CN1CCN(c2ccc(C(O)C(O)CNC(=O)OC(C)(C)C)cc2)CC1. The number of aliphatic hydroxyl groups is 2. The number of rotatable bonds is 5. The Hall–Kier alpha value is -1.83. The van der Waals surface area contributed by atoms with Gasteiger partial charge < -0.3 is 30.1 Å². The number of carbonyl (C=O) groups excluding carboxylic acids is 1. The molecule has 7 nitrogen and oxygen atoms in total. The molecule has 2 unspecified atom stereocenters. The minimum Gasteiger partial charge on any atom is -0.444 e. The maximum atomic E-state index is 11.6. The zero-order valence-corrected chi connectivity index (χ0v) is 16.1. The lowest BCUT2D eigenvalue weighted by Gasteiger charge is -2.34. The molecule has 0 radical (unpaired) electrons. The molecule has 2 atom stereocenters. The minimum atomic E-state index is -1.11. The Bertz CT molecular complexity index is 577. The van der Waals surface area contributed by atoms with Crippen molar-refractivity contribution in [2.45, 2.75) is 38.6 Å². The summed E-state index contributed by atoms with van der Waals surface area (Å²) < 4.78 is 5.11. The first-order valence-corrected chi connectivity index (χ1v) is 9.02. The Kier molecular flexibility index (Phi) is 6.86. The van der Waals surface area contributed by atoms with Gasteiger partial charge in [-0.25, -0.2) is 4.79 Å². The number of alkyl carbamates (subject to hydrolysis) is 1. The van der Waals surface area contributed by atoms with Crippen LogP contribution in [0.25, 0.3) is 0 Å². The van der Waals surface area contributed by atoms with E-state index in [1.54, 1.807) is 20.8 Å². The second kappa shape index (κ2) is 8.70. The number of carbonyl (C=O) groups is 1. The standard InChI is InChI=1S/C19H31N3O4/c1-19(2,3)26-18(25)20-13-16(23)17(24)14-5-7-15(8-6-14)22-11-9-21(4)10-12-22/h5-8,16-17,23-24H,9-13H2,1-4H3,(H,20,25). The van der Waals surface area contributed by atoms with Crippen molar-refractivity contribution in [1.29, 1.82) is 0 Å². The van der Waals surface area contributed by atoms with Crippen LogP contribution >= 0.6 is 0 Å². The molecule has 1 aliphatic heterocycles. The van der Waals surface area contributed by atoms with Crippen molar-refractivity contribution in [3.05, 3.63) is 29.8 Å².